The van der Waals surface area contributed by atoms with Gasteiger partial charge in [0.1, 0.15) is 0 Å². The molecule has 16 heavy (non-hydrogen) atoms. The molecule has 10 saturated heterocycles. The van der Waals surface area contributed by atoms with Crippen molar-refractivity contribution < 1.29 is 25.8 Å². The van der Waals surface area contributed by atoms with Gasteiger partial charge in [0, 0.05) is 0 Å². The summed E-state index contributed by atoms with van der Waals surface area (Å²) in [6, 6.07) is 0. The molecule has 6 heteroatoms. The van der Waals surface area contributed by atoms with E-state index < -0.39 is 14.3 Å². The van der Waals surface area contributed by atoms with E-state index in [4.69, 9.17) is 19.2 Å². The SMILES string of the molecule is O=P(O)(O)O.[CH]12[CH]3[CH]4[CH]5[CH]1[Fe]23451678[CH]2[CH]1[CH]6[CH]7[CH]28. The van der Waals surface area contributed by atoms with Crippen LogP contribution in [0.25, 0.3) is 0 Å². The van der Waals surface area contributed by atoms with Crippen LogP contribution >= 0.6 is 7.82 Å². The zero-order valence-corrected chi connectivity index (χ0v) is 10.3. The van der Waals surface area contributed by atoms with E-state index in [2.05, 4.69) is 0 Å². The van der Waals surface area contributed by atoms with Crippen molar-refractivity contribution in [2.45, 2.75) is 48.2 Å². The summed E-state index contributed by atoms with van der Waals surface area (Å²) in [5.74, 6) is 0. The topological polar surface area (TPSA) is 77.8 Å². The summed E-state index contributed by atoms with van der Waals surface area (Å²) < 4.78 is 8.88. The molecule has 0 radical (unpaired) electrons. The Morgan fingerprint density at radius 3 is 0.750 bits per heavy atom. The molecule has 0 aromatic carbocycles. The van der Waals surface area contributed by atoms with E-state index in [1.807, 2.05) is 0 Å². The standard InChI is InChI=1S/2C5H5.Fe.H3O4P/c2*1-2-4-5-3-1;;1-5(2,3)4/h2*1-5H;;(H3,1,2,3,4). The third-order valence-electron chi connectivity index (χ3n) is 14.5. The first-order valence-electron chi connectivity index (χ1n) is 6.16. The van der Waals surface area contributed by atoms with Gasteiger partial charge in [-0.3, -0.25) is 0 Å². The van der Waals surface area contributed by atoms with E-state index in [-0.39, 0.29) is 0 Å². The second-order valence-electron chi connectivity index (χ2n) is 10.1. The van der Waals surface area contributed by atoms with Crippen molar-refractivity contribution in [1.29, 1.82) is 0 Å². The summed E-state index contributed by atoms with van der Waals surface area (Å²) in [6.07, 6.45) is 0. The Labute approximate surface area is 81.9 Å². The fraction of sp³-hybridized carbons (Fsp3) is 1.00. The minimum atomic E-state index is -4.64. The number of fused-ring (bicyclic) bond motifs is 10. The molecule has 10 heterocycles. The number of hydrogen-bond acceptors (Lipinski definition) is 1. The molecule has 10 fully saturated rings. The van der Waals surface area contributed by atoms with Crippen LogP contribution in [0.1, 0.15) is 0 Å². The van der Waals surface area contributed by atoms with Crippen LogP contribution in [0, 0.1) is 0 Å². The Kier molecular flexibility index (Phi) is 0.210. The van der Waals surface area contributed by atoms with E-state index in [1.165, 1.54) is 0 Å². The molecule has 10 aliphatic heterocycles. The van der Waals surface area contributed by atoms with E-state index in [0.29, 0.717) is 0 Å². The van der Waals surface area contributed by atoms with Crippen LogP contribution in [0.5, 0.6) is 0 Å². The molecule has 0 saturated carbocycles. The van der Waals surface area contributed by atoms with Crippen molar-refractivity contribution in [2.75, 3.05) is 0 Å². The summed E-state index contributed by atoms with van der Waals surface area (Å²) in [5, 5.41) is 0. The van der Waals surface area contributed by atoms with Gasteiger partial charge in [0.25, 0.3) is 0 Å². The fourth-order valence-electron chi connectivity index (χ4n) is 15.8. The molecule has 90 valence electrons. The van der Waals surface area contributed by atoms with Gasteiger partial charge in [0.2, 0.25) is 0 Å². The van der Waals surface area contributed by atoms with Gasteiger partial charge in [-0.1, -0.05) is 0 Å². The zero-order valence-electron chi connectivity index (χ0n) is 8.32. The van der Waals surface area contributed by atoms with Crippen LogP contribution in [0.2, 0.25) is 48.2 Å². The van der Waals surface area contributed by atoms with Crippen LogP contribution in [0.15, 0.2) is 0 Å². The van der Waals surface area contributed by atoms with Crippen LogP contribution in [-0.2, 0) is 11.1 Å². The summed E-state index contributed by atoms with van der Waals surface area (Å²) in [7, 11) is -4.64. The molecule has 10 rings (SSSR count). The van der Waals surface area contributed by atoms with Crippen LogP contribution in [0.4, 0.5) is 0 Å². The fourth-order valence-corrected chi connectivity index (χ4v) is 88.0. The molecule has 0 aromatic heterocycles. The molecular formula is C10H13FeO4P. The predicted molar refractivity (Wildman–Crippen MR) is 51.8 cm³/mol. The summed E-state index contributed by atoms with van der Waals surface area (Å²) in [6.45, 7) is -2.28. The van der Waals surface area contributed by atoms with Gasteiger partial charge >= 0.3 is 62.5 Å². The number of hydrogen-bond donors (Lipinski definition) is 3. The van der Waals surface area contributed by atoms with Gasteiger partial charge in [-0.2, -0.15) is 0 Å². The van der Waals surface area contributed by atoms with Gasteiger partial charge in [-0.05, 0) is 0 Å². The summed E-state index contributed by atoms with van der Waals surface area (Å²) >= 11 is 0. The molecule has 0 unspecified atom stereocenters. The van der Waals surface area contributed by atoms with Crippen molar-refractivity contribution >= 4 is 7.82 Å². The van der Waals surface area contributed by atoms with E-state index in [0.717, 1.165) is 0 Å². The maximum atomic E-state index is 8.88. The van der Waals surface area contributed by atoms with Crippen molar-refractivity contribution in [1.82, 2.24) is 0 Å². The van der Waals surface area contributed by atoms with E-state index in [9.17, 15) is 0 Å². The van der Waals surface area contributed by atoms with Crippen molar-refractivity contribution in [3.63, 3.8) is 0 Å². The molecule has 0 aliphatic carbocycles. The molecule has 3 N–H and O–H groups in total. The summed E-state index contributed by atoms with van der Waals surface area (Å²) in [5.41, 5.74) is 0. The summed E-state index contributed by atoms with van der Waals surface area (Å²) in [4.78, 5) is 37.5. The number of rotatable bonds is 0. The van der Waals surface area contributed by atoms with Gasteiger partial charge in [-0.15, -0.1) is 0 Å². The monoisotopic (exact) mass is 284 g/mol. The number of phosphoric acid groups is 1. The van der Waals surface area contributed by atoms with Crippen LogP contribution in [0.3, 0.4) is 0 Å². The molecular weight excluding hydrogens is 271 g/mol. The quantitative estimate of drug-likeness (QED) is 0.471. The van der Waals surface area contributed by atoms with Gasteiger partial charge in [0.05, 0.1) is 0 Å². The molecule has 0 aromatic rings. The average Bonchev–Trinajstić information content (AvgIpc) is 3.12. The maximum absolute atomic E-state index is 8.88. The van der Waals surface area contributed by atoms with Crippen LogP contribution in [-0.4, -0.2) is 14.7 Å². The first-order valence-corrected chi connectivity index (χ1v) is 14.1. The Bertz CT molecular complexity index is 725. The van der Waals surface area contributed by atoms with Crippen LogP contribution < -0.4 is 0 Å². The third-order valence-corrected chi connectivity index (χ3v) is 56.5. The average molecular weight is 284 g/mol. The zero-order chi connectivity index (χ0) is 10.6. The first-order chi connectivity index (χ1) is 7.16. The predicted octanol–water partition coefficient (Wildman–Crippen LogP) is 2.45. The normalized spacial score (nSPS) is 121. The molecule has 0 bridgehead atoms. The molecule has 10 aliphatic rings. The van der Waals surface area contributed by atoms with E-state index in [1.54, 1.807) is 48.2 Å². The van der Waals surface area contributed by atoms with Gasteiger partial charge < -0.3 is 14.7 Å². The first kappa shape index (κ1) is 6.70. The van der Waals surface area contributed by atoms with Crippen molar-refractivity contribution in [3.05, 3.63) is 0 Å². The van der Waals surface area contributed by atoms with Gasteiger partial charge in [0.15, 0.2) is 0 Å². The molecule has 4 nitrogen and oxygen atoms in total. The van der Waals surface area contributed by atoms with E-state index >= 15 is 0 Å². The minimum absolute atomic E-state index is 1.59. The molecule has 1 spiro atoms. The Morgan fingerprint density at radius 1 is 0.625 bits per heavy atom. The van der Waals surface area contributed by atoms with Gasteiger partial charge in [-0.25, -0.2) is 4.57 Å². The molecule has 0 atom stereocenters. The Hall–Kier alpha value is 0.629. The third kappa shape index (κ3) is 0.0675. The van der Waals surface area contributed by atoms with Crippen molar-refractivity contribution in [3.8, 4) is 0 Å². The molecule has 0 amide bonds. The second-order valence-corrected chi connectivity index (χ2v) is 35.0. The van der Waals surface area contributed by atoms with Crippen molar-refractivity contribution in [2.24, 2.45) is 0 Å². The second kappa shape index (κ2) is 0.502. The Morgan fingerprint density at radius 2 is 0.750 bits per heavy atom. The Balaban J connectivity index is 0.000000105.